The zero-order valence-electron chi connectivity index (χ0n) is 11.6. The maximum absolute atomic E-state index is 6.06. The van der Waals surface area contributed by atoms with Gasteiger partial charge in [0.05, 0.1) is 0 Å². The first kappa shape index (κ1) is 15.4. The van der Waals surface area contributed by atoms with Gasteiger partial charge in [0, 0.05) is 27.8 Å². The van der Waals surface area contributed by atoms with Gasteiger partial charge in [0.1, 0.15) is 0 Å². The molecule has 0 aromatic heterocycles. The minimum atomic E-state index is 0.280. The number of nitrogens with two attached hydrogens (primary N) is 1. The molecular weight excluding hydrogens is 336 g/mol. The highest BCUT2D eigenvalue weighted by atomic mass is 79.9. The maximum atomic E-state index is 6.06. The second kappa shape index (κ2) is 6.61. The average molecular weight is 354 g/mol. The first-order chi connectivity index (χ1) is 9.49. The number of nitrogen functional groups attached to an aromatic ring is 1. The molecule has 0 aliphatic carbocycles. The van der Waals surface area contributed by atoms with E-state index in [1.54, 1.807) is 0 Å². The largest absolute Gasteiger partial charge is 0.398 e. The van der Waals surface area contributed by atoms with Gasteiger partial charge in [-0.2, -0.15) is 0 Å². The van der Waals surface area contributed by atoms with Crippen molar-refractivity contribution in [2.75, 3.05) is 12.8 Å². The molecule has 4 heteroatoms. The standard InChI is InChI=1S/C16H18BrClN2/c1-11(12-5-3-7-14(18)9-12)20(2)10-13-6-4-8-15(19)16(13)17/h3-9,11H,10,19H2,1-2H3. The summed E-state index contributed by atoms with van der Waals surface area (Å²) in [5, 5.41) is 0.771. The van der Waals surface area contributed by atoms with Crippen molar-refractivity contribution in [2.24, 2.45) is 0 Å². The van der Waals surface area contributed by atoms with E-state index in [1.165, 1.54) is 11.1 Å². The quantitative estimate of drug-likeness (QED) is 0.794. The Labute approximate surface area is 133 Å². The van der Waals surface area contributed by atoms with Crippen molar-refractivity contribution in [3.8, 4) is 0 Å². The number of hydrogen-bond donors (Lipinski definition) is 1. The second-order valence-corrected chi connectivity index (χ2v) is 6.20. The van der Waals surface area contributed by atoms with Crippen molar-refractivity contribution in [3.05, 3.63) is 63.1 Å². The highest BCUT2D eigenvalue weighted by molar-refractivity contribution is 9.10. The van der Waals surface area contributed by atoms with Crippen molar-refractivity contribution >= 4 is 33.2 Å². The van der Waals surface area contributed by atoms with Crippen molar-refractivity contribution in [3.63, 3.8) is 0 Å². The molecule has 0 bridgehead atoms. The highest BCUT2D eigenvalue weighted by Gasteiger charge is 2.14. The zero-order valence-corrected chi connectivity index (χ0v) is 13.9. The fourth-order valence-corrected chi connectivity index (χ4v) is 2.74. The van der Waals surface area contributed by atoms with Gasteiger partial charge in [0.2, 0.25) is 0 Å². The van der Waals surface area contributed by atoms with Gasteiger partial charge in [-0.1, -0.05) is 35.9 Å². The lowest BCUT2D eigenvalue weighted by Gasteiger charge is -2.26. The minimum Gasteiger partial charge on any atom is -0.398 e. The predicted octanol–water partition coefficient (Wildman–Crippen LogP) is 4.88. The van der Waals surface area contributed by atoms with E-state index in [9.17, 15) is 0 Å². The van der Waals surface area contributed by atoms with Crippen LogP contribution in [0.3, 0.4) is 0 Å². The van der Waals surface area contributed by atoms with Gasteiger partial charge in [-0.3, -0.25) is 4.90 Å². The molecular formula is C16H18BrClN2. The smallest absolute Gasteiger partial charge is 0.0461 e. The van der Waals surface area contributed by atoms with Gasteiger partial charge in [-0.15, -0.1) is 0 Å². The van der Waals surface area contributed by atoms with E-state index in [2.05, 4.69) is 46.9 Å². The van der Waals surface area contributed by atoms with Gasteiger partial charge in [-0.05, 0) is 59.2 Å². The summed E-state index contributed by atoms with van der Waals surface area (Å²) in [7, 11) is 2.10. The molecule has 1 atom stereocenters. The summed E-state index contributed by atoms with van der Waals surface area (Å²) < 4.78 is 0.977. The molecule has 2 aromatic rings. The van der Waals surface area contributed by atoms with Crippen LogP contribution in [-0.2, 0) is 6.54 Å². The molecule has 20 heavy (non-hydrogen) atoms. The molecule has 0 fully saturated rings. The molecule has 2 N–H and O–H groups in total. The van der Waals surface area contributed by atoms with Gasteiger partial charge >= 0.3 is 0 Å². The van der Waals surface area contributed by atoms with Gasteiger partial charge in [0.15, 0.2) is 0 Å². The molecule has 0 aliphatic rings. The third kappa shape index (κ3) is 3.54. The zero-order chi connectivity index (χ0) is 14.7. The number of nitrogens with zero attached hydrogens (tertiary/aromatic N) is 1. The molecule has 0 aliphatic heterocycles. The molecule has 0 saturated carbocycles. The first-order valence-electron chi connectivity index (χ1n) is 6.47. The molecule has 2 nitrogen and oxygen atoms in total. The van der Waals surface area contributed by atoms with Crippen LogP contribution in [0.1, 0.15) is 24.1 Å². The summed E-state index contributed by atoms with van der Waals surface area (Å²) in [6.07, 6.45) is 0. The lowest BCUT2D eigenvalue weighted by atomic mass is 10.1. The van der Waals surface area contributed by atoms with Crippen LogP contribution in [0.25, 0.3) is 0 Å². The van der Waals surface area contributed by atoms with Crippen LogP contribution in [0.15, 0.2) is 46.9 Å². The van der Waals surface area contributed by atoms with Crippen LogP contribution < -0.4 is 5.73 Å². The topological polar surface area (TPSA) is 29.3 Å². The number of rotatable bonds is 4. The summed E-state index contributed by atoms with van der Waals surface area (Å²) in [6.45, 7) is 2.99. The molecule has 1 unspecified atom stereocenters. The predicted molar refractivity (Wildman–Crippen MR) is 89.9 cm³/mol. The van der Waals surface area contributed by atoms with E-state index >= 15 is 0 Å². The number of anilines is 1. The summed E-state index contributed by atoms with van der Waals surface area (Å²) >= 11 is 9.61. The van der Waals surface area contributed by atoms with E-state index < -0.39 is 0 Å². The average Bonchev–Trinajstić information content (AvgIpc) is 2.43. The minimum absolute atomic E-state index is 0.280. The first-order valence-corrected chi connectivity index (χ1v) is 7.64. The molecule has 0 heterocycles. The van der Waals surface area contributed by atoms with E-state index in [4.69, 9.17) is 17.3 Å². The Bertz CT molecular complexity index is 601. The maximum Gasteiger partial charge on any atom is 0.0461 e. The van der Waals surface area contributed by atoms with Crippen LogP contribution in [-0.4, -0.2) is 11.9 Å². The summed E-state index contributed by atoms with van der Waals surface area (Å²) in [5.41, 5.74) is 9.08. The fourth-order valence-electron chi connectivity index (χ4n) is 2.15. The van der Waals surface area contributed by atoms with Crippen LogP contribution in [0.5, 0.6) is 0 Å². The van der Waals surface area contributed by atoms with Crippen molar-refractivity contribution < 1.29 is 0 Å². The van der Waals surface area contributed by atoms with Gasteiger partial charge in [-0.25, -0.2) is 0 Å². The Morgan fingerprint density at radius 1 is 1.25 bits per heavy atom. The summed E-state index contributed by atoms with van der Waals surface area (Å²) in [4.78, 5) is 2.27. The van der Waals surface area contributed by atoms with Gasteiger partial charge in [0.25, 0.3) is 0 Å². The fraction of sp³-hybridized carbons (Fsp3) is 0.250. The lowest BCUT2D eigenvalue weighted by Crippen LogP contribution is -2.22. The number of halogens is 2. The normalized spacial score (nSPS) is 12.7. The molecule has 2 aromatic carbocycles. The lowest BCUT2D eigenvalue weighted by molar-refractivity contribution is 0.252. The van der Waals surface area contributed by atoms with E-state index in [0.29, 0.717) is 0 Å². The Morgan fingerprint density at radius 2 is 1.95 bits per heavy atom. The van der Waals surface area contributed by atoms with Crippen molar-refractivity contribution in [1.29, 1.82) is 0 Å². The molecule has 0 spiro atoms. The van der Waals surface area contributed by atoms with E-state index in [0.717, 1.165) is 21.7 Å². The highest BCUT2D eigenvalue weighted by Crippen LogP contribution is 2.28. The molecule has 106 valence electrons. The molecule has 2 rings (SSSR count). The van der Waals surface area contributed by atoms with Crippen LogP contribution in [0.2, 0.25) is 5.02 Å². The van der Waals surface area contributed by atoms with E-state index in [1.807, 2.05) is 30.3 Å². The van der Waals surface area contributed by atoms with Crippen LogP contribution >= 0.6 is 27.5 Å². The summed E-state index contributed by atoms with van der Waals surface area (Å²) in [6, 6.07) is 14.2. The van der Waals surface area contributed by atoms with E-state index in [-0.39, 0.29) is 6.04 Å². The second-order valence-electron chi connectivity index (χ2n) is 4.97. The van der Waals surface area contributed by atoms with Crippen LogP contribution in [0.4, 0.5) is 5.69 Å². The molecule has 0 saturated heterocycles. The molecule has 0 radical (unpaired) electrons. The Morgan fingerprint density at radius 3 is 2.65 bits per heavy atom. The Balaban J connectivity index is 2.15. The third-order valence-corrected chi connectivity index (χ3v) is 4.72. The Kier molecular flexibility index (Phi) is 5.08. The van der Waals surface area contributed by atoms with Crippen LogP contribution in [0, 0.1) is 0 Å². The SMILES string of the molecule is CC(c1cccc(Cl)c1)N(C)Cc1cccc(N)c1Br. The number of benzene rings is 2. The summed E-state index contributed by atoms with van der Waals surface area (Å²) in [5.74, 6) is 0. The van der Waals surface area contributed by atoms with Crippen molar-refractivity contribution in [2.45, 2.75) is 19.5 Å². The molecule has 0 amide bonds. The monoisotopic (exact) mass is 352 g/mol. The number of hydrogen-bond acceptors (Lipinski definition) is 2. The van der Waals surface area contributed by atoms with Gasteiger partial charge < -0.3 is 5.73 Å². The Hall–Kier alpha value is -1.03. The third-order valence-electron chi connectivity index (χ3n) is 3.52. The van der Waals surface area contributed by atoms with Crippen molar-refractivity contribution in [1.82, 2.24) is 4.90 Å².